The van der Waals surface area contributed by atoms with Crippen LogP contribution in [0.3, 0.4) is 0 Å². The molecule has 0 bridgehead atoms. The summed E-state index contributed by atoms with van der Waals surface area (Å²) in [7, 11) is 0. The Kier molecular flexibility index (Phi) is 3.90. The van der Waals surface area contributed by atoms with Crippen LogP contribution in [0.4, 0.5) is 0 Å². The second kappa shape index (κ2) is 5.72. The third kappa shape index (κ3) is 3.30. The zero-order chi connectivity index (χ0) is 15.7. The minimum atomic E-state index is 0.223. The molecular weight excluding hydrogens is 268 g/mol. The summed E-state index contributed by atoms with van der Waals surface area (Å²) < 4.78 is 0. The Bertz CT molecular complexity index is 693. The van der Waals surface area contributed by atoms with Crippen LogP contribution in [0.2, 0.25) is 0 Å². The second-order valence-electron chi connectivity index (χ2n) is 7.59. The van der Waals surface area contributed by atoms with Crippen LogP contribution in [0.15, 0.2) is 53.1 Å². The smallest absolute Gasteiger partial charge is 0.159 e. The van der Waals surface area contributed by atoms with E-state index in [-0.39, 0.29) is 5.41 Å². The van der Waals surface area contributed by atoms with Gasteiger partial charge in [0.1, 0.15) is 0 Å². The fourth-order valence-electron chi connectivity index (χ4n) is 3.07. The molecule has 1 aromatic carbocycles. The first-order valence-electron chi connectivity index (χ1n) is 8.14. The van der Waals surface area contributed by atoms with Crippen molar-refractivity contribution < 1.29 is 4.79 Å². The van der Waals surface area contributed by atoms with Crippen molar-refractivity contribution in [2.75, 3.05) is 0 Å². The highest BCUT2D eigenvalue weighted by Gasteiger charge is 2.22. The Morgan fingerprint density at radius 2 is 1.82 bits per heavy atom. The number of carbonyl (C=O) groups excluding carboxylic acids is 1. The summed E-state index contributed by atoms with van der Waals surface area (Å²) in [6.07, 6.45) is 9.87. The summed E-state index contributed by atoms with van der Waals surface area (Å²) in [5.74, 6) is 0.317. The lowest BCUT2D eigenvalue weighted by molar-refractivity contribution is -0.116. The Balaban J connectivity index is 1.60. The van der Waals surface area contributed by atoms with Gasteiger partial charge in [0, 0.05) is 12.8 Å². The van der Waals surface area contributed by atoms with E-state index in [1.54, 1.807) is 0 Å². The molecular formula is C21H24O. The van der Waals surface area contributed by atoms with Gasteiger partial charge in [-0.25, -0.2) is 0 Å². The molecule has 0 aliphatic heterocycles. The van der Waals surface area contributed by atoms with E-state index in [1.165, 1.54) is 22.3 Å². The number of carbonyl (C=O) groups is 1. The van der Waals surface area contributed by atoms with Crippen LogP contribution < -0.4 is 0 Å². The molecule has 0 heterocycles. The standard InChI is InChI=1S/C21H24O/c1-21(2,3)11-10-20(22)18-9-8-17(12-18)19-13-15-6-4-5-7-16(15)14-19/h4-9,13H,10-12,14H2,1-3H3. The molecule has 1 nitrogen and oxygen atoms in total. The molecule has 2 aliphatic carbocycles. The summed E-state index contributed by atoms with van der Waals surface area (Å²) in [5.41, 5.74) is 6.61. The molecule has 0 spiro atoms. The molecule has 0 atom stereocenters. The molecule has 1 aromatic rings. The molecule has 1 heteroatoms. The lowest BCUT2D eigenvalue weighted by atomic mass is 9.88. The van der Waals surface area contributed by atoms with Gasteiger partial charge >= 0.3 is 0 Å². The van der Waals surface area contributed by atoms with Gasteiger partial charge in [-0.15, -0.1) is 0 Å². The van der Waals surface area contributed by atoms with Crippen molar-refractivity contribution >= 4 is 11.9 Å². The molecule has 0 saturated carbocycles. The highest BCUT2D eigenvalue weighted by molar-refractivity contribution is 5.97. The number of hydrogen-bond acceptors (Lipinski definition) is 1. The Labute approximate surface area is 133 Å². The van der Waals surface area contributed by atoms with Crippen LogP contribution in [-0.2, 0) is 11.2 Å². The number of ketones is 1. The number of hydrogen-bond donors (Lipinski definition) is 0. The molecule has 3 rings (SSSR count). The van der Waals surface area contributed by atoms with Gasteiger partial charge in [0.15, 0.2) is 5.78 Å². The number of rotatable bonds is 4. The van der Waals surface area contributed by atoms with Crippen molar-refractivity contribution in [3.8, 4) is 0 Å². The number of allylic oxidation sites excluding steroid dienone is 5. The molecule has 0 fully saturated rings. The van der Waals surface area contributed by atoms with Crippen LogP contribution in [0.25, 0.3) is 6.08 Å². The molecule has 0 amide bonds. The third-order valence-electron chi connectivity index (χ3n) is 4.51. The van der Waals surface area contributed by atoms with Crippen LogP contribution in [0, 0.1) is 5.41 Å². The zero-order valence-electron chi connectivity index (χ0n) is 13.8. The van der Waals surface area contributed by atoms with Crippen LogP contribution in [-0.4, -0.2) is 5.78 Å². The Hall–Kier alpha value is -1.89. The van der Waals surface area contributed by atoms with Crippen LogP contribution >= 0.6 is 0 Å². The highest BCUT2D eigenvalue weighted by Crippen LogP contribution is 2.35. The minimum absolute atomic E-state index is 0.223. The van der Waals surface area contributed by atoms with E-state index >= 15 is 0 Å². The van der Waals surface area contributed by atoms with E-state index in [9.17, 15) is 4.79 Å². The van der Waals surface area contributed by atoms with E-state index in [2.05, 4.69) is 57.2 Å². The van der Waals surface area contributed by atoms with Crippen molar-refractivity contribution in [2.24, 2.45) is 5.41 Å². The van der Waals surface area contributed by atoms with Gasteiger partial charge in [-0.1, -0.05) is 63.3 Å². The maximum Gasteiger partial charge on any atom is 0.159 e. The SMILES string of the molecule is CC(C)(C)CCC(=O)C1=CC=C(C2=Cc3ccccc3C2)C1. The van der Waals surface area contributed by atoms with Gasteiger partial charge in [-0.05, 0) is 46.1 Å². The molecule has 0 N–H and O–H groups in total. The summed E-state index contributed by atoms with van der Waals surface area (Å²) >= 11 is 0. The summed E-state index contributed by atoms with van der Waals surface area (Å²) in [6.45, 7) is 6.56. The molecule has 0 aromatic heterocycles. The molecule has 22 heavy (non-hydrogen) atoms. The molecule has 0 radical (unpaired) electrons. The van der Waals surface area contributed by atoms with E-state index in [1.807, 2.05) is 6.08 Å². The van der Waals surface area contributed by atoms with Crippen molar-refractivity contribution in [1.82, 2.24) is 0 Å². The number of benzene rings is 1. The maximum atomic E-state index is 12.3. The zero-order valence-corrected chi connectivity index (χ0v) is 13.8. The van der Waals surface area contributed by atoms with E-state index in [0.29, 0.717) is 12.2 Å². The minimum Gasteiger partial charge on any atom is -0.295 e. The van der Waals surface area contributed by atoms with E-state index < -0.39 is 0 Å². The van der Waals surface area contributed by atoms with Gasteiger partial charge in [-0.3, -0.25) is 4.79 Å². The fraction of sp³-hybridized carbons (Fsp3) is 0.381. The molecule has 2 aliphatic rings. The number of Topliss-reactive ketones (excluding diaryl/α,β-unsaturated/α-hetero) is 1. The highest BCUT2D eigenvalue weighted by atomic mass is 16.1. The lowest BCUT2D eigenvalue weighted by Gasteiger charge is -2.17. The quantitative estimate of drug-likeness (QED) is 0.738. The first kappa shape index (κ1) is 15.0. The number of fused-ring (bicyclic) bond motifs is 1. The second-order valence-corrected chi connectivity index (χ2v) is 7.59. The predicted molar refractivity (Wildman–Crippen MR) is 92.6 cm³/mol. The van der Waals surface area contributed by atoms with Gasteiger partial charge < -0.3 is 0 Å². The van der Waals surface area contributed by atoms with E-state index in [0.717, 1.165) is 24.8 Å². The van der Waals surface area contributed by atoms with Crippen LogP contribution in [0.5, 0.6) is 0 Å². The normalized spacial score (nSPS) is 17.0. The predicted octanol–water partition coefficient (Wildman–Crippen LogP) is 5.28. The maximum absolute atomic E-state index is 12.3. The molecule has 114 valence electrons. The van der Waals surface area contributed by atoms with Crippen molar-refractivity contribution in [1.29, 1.82) is 0 Å². The van der Waals surface area contributed by atoms with Gasteiger partial charge in [-0.2, -0.15) is 0 Å². The first-order chi connectivity index (χ1) is 10.4. The fourth-order valence-corrected chi connectivity index (χ4v) is 3.07. The van der Waals surface area contributed by atoms with Gasteiger partial charge in [0.2, 0.25) is 0 Å². The van der Waals surface area contributed by atoms with Crippen LogP contribution in [0.1, 0.15) is 51.2 Å². The van der Waals surface area contributed by atoms with Gasteiger partial charge in [0.05, 0.1) is 0 Å². The summed E-state index contributed by atoms with van der Waals surface area (Å²) in [6, 6.07) is 8.54. The van der Waals surface area contributed by atoms with Gasteiger partial charge in [0.25, 0.3) is 0 Å². The lowest BCUT2D eigenvalue weighted by Crippen LogP contribution is -2.10. The Morgan fingerprint density at radius 1 is 1.05 bits per heavy atom. The van der Waals surface area contributed by atoms with Crippen molar-refractivity contribution in [3.63, 3.8) is 0 Å². The van der Waals surface area contributed by atoms with Crippen molar-refractivity contribution in [3.05, 3.63) is 64.3 Å². The largest absolute Gasteiger partial charge is 0.295 e. The molecule has 0 unspecified atom stereocenters. The average Bonchev–Trinajstić information content (AvgIpc) is 3.09. The van der Waals surface area contributed by atoms with Crippen molar-refractivity contribution in [2.45, 2.75) is 46.5 Å². The molecule has 0 saturated heterocycles. The topological polar surface area (TPSA) is 17.1 Å². The monoisotopic (exact) mass is 292 g/mol. The third-order valence-corrected chi connectivity index (χ3v) is 4.51. The Morgan fingerprint density at radius 3 is 2.55 bits per heavy atom. The van der Waals surface area contributed by atoms with E-state index in [4.69, 9.17) is 0 Å². The summed E-state index contributed by atoms with van der Waals surface area (Å²) in [4.78, 5) is 12.3. The average molecular weight is 292 g/mol. The summed E-state index contributed by atoms with van der Waals surface area (Å²) in [5, 5.41) is 0. The first-order valence-corrected chi connectivity index (χ1v) is 8.14.